The van der Waals surface area contributed by atoms with Crippen LogP contribution in [0.25, 0.3) is 0 Å². The summed E-state index contributed by atoms with van der Waals surface area (Å²) in [6.45, 7) is -1.55. The average Bonchev–Trinajstić information content (AvgIpc) is 2.35. The summed E-state index contributed by atoms with van der Waals surface area (Å²) in [6.07, 6.45) is -7.92. The molecule has 6 N–H and O–H groups in total. The Hall–Kier alpha value is -0.320. The van der Waals surface area contributed by atoms with E-state index in [1.54, 1.807) is 0 Å². The molecule has 17 heavy (non-hydrogen) atoms. The summed E-state index contributed by atoms with van der Waals surface area (Å²) in [5, 5.41) is 55.0. The van der Waals surface area contributed by atoms with Crippen LogP contribution in [0.15, 0.2) is 0 Å². The molecule has 5 atom stereocenters. The van der Waals surface area contributed by atoms with Crippen molar-refractivity contribution in [2.75, 3.05) is 19.8 Å². The van der Waals surface area contributed by atoms with Gasteiger partial charge in [0.2, 0.25) is 0 Å². The Morgan fingerprint density at radius 3 is 2.00 bits per heavy atom. The highest BCUT2D eigenvalue weighted by Crippen LogP contribution is 2.22. The van der Waals surface area contributed by atoms with E-state index in [4.69, 9.17) is 24.8 Å². The number of hydrogen-bond donors (Lipinski definition) is 6. The molecule has 8 nitrogen and oxygen atoms in total. The zero-order chi connectivity index (χ0) is 13.0. The third kappa shape index (κ3) is 3.33. The number of aliphatic hydroxyl groups excluding tert-OH is 6. The fourth-order valence-corrected chi connectivity index (χ4v) is 1.51. The second-order valence-corrected chi connectivity index (χ2v) is 3.82. The van der Waals surface area contributed by atoms with Gasteiger partial charge in [0.25, 0.3) is 0 Å². The second-order valence-electron chi connectivity index (χ2n) is 3.82. The van der Waals surface area contributed by atoms with E-state index in [-0.39, 0.29) is 0 Å². The first-order valence-corrected chi connectivity index (χ1v) is 5.22. The highest BCUT2D eigenvalue weighted by atomic mass is 16.7. The number of rotatable bonds is 5. The number of hydrogen-bond acceptors (Lipinski definition) is 8. The third-order valence-corrected chi connectivity index (χ3v) is 2.58. The molecule has 0 spiro atoms. The third-order valence-electron chi connectivity index (χ3n) is 2.58. The van der Waals surface area contributed by atoms with Gasteiger partial charge in [-0.15, -0.1) is 0 Å². The molecule has 0 bridgehead atoms. The minimum absolute atomic E-state index is 0.495. The SMILES string of the molecule is OCC(CO)O[C@@H]1OC(CO)[C@@H](O)C(O)[C@@H]1O. The van der Waals surface area contributed by atoms with Crippen LogP contribution in [0.2, 0.25) is 0 Å². The van der Waals surface area contributed by atoms with E-state index in [9.17, 15) is 15.3 Å². The van der Waals surface area contributed by atoms with Crippen molar-refractivity contribution in [3.05, 3.63) is 0 Å². The summed E-state index contributed by atoms with van der Waals surface area (Å²) in [4.78, 5) is 0. The van der Waals surface area contributed by atoms with Gasteiger partial charge >= 0.3 is 0 Å². The van der Waals surface area contributed by atoms with E-state index < -0.39 is 56.6 Å². The quantitative estimate of drug-likeness (QED) is 0.293. The molecule has 1 fully saturated rings. The van der Waals surface area contributed by atoms with E-state index in [1.807, 2.05) is 0 Å². The van der Waals surface area contributed by atoms with Crippen LogP contribution in [0, 0.1) is 0 Å². The molecule has 0 aromatic rings. The Kier molecular flexibility index (Phi) is 5.70. The van der Waals surface area contributed by atoms with Crippen molar-refractivity contribution in [1.82, 2.24) is 0 Å². The van der Waals surface area contributed by atoms with Gasteiger partial charge in [-0.3, -0.25) is 0 Å². The summed E-state index contributed by atoms with van der Waals surface area (Å²) in [7, 11) is 0. The summed E-state index contributed by atoms with van der Waals surface area (Å²) in [5.41, 5.74) is 0. The molecule has 102 valence electrons. The van der Waals surface area contributed by atoms with Gasteiger partial charge in [0.1, 0.15) is 30.5 Å². The van der Waals surface area contributed by atoms with Gasteiger partial charge in [-0.25, -0.2) is 0 Å². The monoisotopic (exact) mass is 254 g/mol. The molecule has 0 radical (unpaired) electrons. The lowest BCUT2D eigenvalue weighted by atomic mass is 9.99. The first-order chi connectivity index (χ1) is 8.04. The molecule has 0 amide bonds. The maximum atomic E-state index is 9.56. The van der Waals surface area contributed by atoms with Gasteiger partial charge in [0.05, 0.1) is 19.8 Å². The average molecular weight is 254 g/mol. The van der Waals surface area contributed by atoms with Crippen molar-refractivity contribution >= 4 is 0 Å². The van der Waals surface area contributed by atoms with Crippen LogP contribution in [-0.4, -0.2) is 87.3 Å². The Morgan fingerprint density at radius 1 is 0.941 bits per heavy atom. The molecule has 0 saturated carbocycles. The van der Waals surface area contributed by atoms with Crippen LogP contribution in [0.5, 0.6) is 0 Å². The highest BCUT2D eigenvalue weighted by Gasteiger charge is 2.44. The lowest BCUT2D eigenvalue weighted by molar-refractivity contribution is -0.315. The maximum absolute atomic E-state index is 9.56. The molecule has 0 aliphatic carbocycles. The molecular formula is C9H18O8. The van der Waals surface area contributed by atoms with Gasteiger partial charge in [0.15, 0.2) is 6.29 Å². The lowest BCUT2D eigenvalue weighted by Gasteiger charge is -2.40. The molecule has 1 saturated heterocycles. The molecule has 0 aromatic heterocycles. The predicted molar refractivity (Wildman–Crippen MR) is 52.8 cm³/mol. The van der Waals surface area contributed by atoms with Crippen molar-refractivity contribution in [2.45, 2.75) is 36.8 Å². The normalized spacial score (nSPS) is 38.6. The van der Waals surface area contributed by atoms with Crippen LogP contribution in [0.3, 0.4) is 0 Å². The molecule has 8 heteroatoms. The van der Waals surface area contributed by atoms with E-state index in [2.05, 4.69) is 0 Å². The van der Waals surface area contributed by atoms with Gasteiger partial charge in [-0.05, 0) is 0 Å². The molecule has 1 aliphatic rings. The molecule has 1 heterocycles. The topological polar surface area (TPSA) is 140 Å². The highest BCUT2D eigenvalue weighted by molar-refractivity contribution is 4.89. The van der Waals surface area contributed by atoms with Crippen LogP contribution >= 0.6 is 0 Å². The van der Waals surface area contributed by atoms with E-state index in [0.29, 0.717) is 0 Å². The van der Waals surface area contributed by atoms with Gasteiger partial charge in [-0.2, -0.15) is 0 Å². The van der Waals surface area contributed by atoms with Gasteiger partial charge in [-0.1, -0.05) is 0 Å². The summed E-state index contributed by atoms with van der Waals surface area (Å²) >= 11 is 0. The van der Waals surface area contributed by atoms with Crippen molar-refractivity contribution in [3.8, 4) is 0 Å². The summed E-state index contributed by atoms with van der Waals surface area (Å²) in [6, 6.07) is 0. The second kappa shape index (κ2) is 6.57. The molecule has 1 rings (SSSR count). The van der Waals surface area contributed by atoms with Crippen molar-refractivity contribution in [1.29, 1.82) is 0 Å². The lowest BCUT2D eigenvalue weighted by Crippen LogP contribution is -2.60. The van der Waals surface area contributed by atoms with Crippen LogP contribution in [0.1, 0.15) is 0 Å². The molecule has 2 unspecified atom stereocenters. The van der Waals surface area contributed by atoms with E-state index >= 15 is 0 Å². The van der Waals surface area contributed by atoms with Crippen molar-refractivity contribution in [3.63, 3.8) is 0 Å². The van der Waals surface area contributed by atoms with Gasteiger partial charge < -0.3 is 40.1 Å². The smallest absolute Gasteiger partial charge is 0.187 e. The number of ether oxygens (including phenoxy) is 2. The first kappa shape index (κ1) is 14.7. The Morgan fingerprint density at radius 2 is 1.53 bits per heavy atom. The minimum atomic E-state index is -1.54. The van der Waals surface area contributed by atoms with Crippen molar-refractivity contribution in [2.24, 2.45) is 0 Å². The van der Waals surface area contributed by atoms with E-state index in [1.165, 1.54) is 0 Å². The zero-order valence-electron chi connectivity index (χ0n) is 9.09. The van der Waals surface area contributed by atoms with Crippen LogP contribution in [-0.2, 0) is 9.47 Å². The Balaban J connectivity index is 2.65. The number of aliphatic hydroxyl groups is 6. The predicted octanol–water partition coefficient (Wildman–Crippen LogP) is -3.84. The maximum Gasteiger partial charge on any atom is 0.187 e. The molecular weight excluding hydrogens is 236 g/mol. The standard InChI is InChI=1S/C9H18O8/c10-1-4(2-11)16-9-8(15)7(14)6(13)5(3-12)17-9/h4-15H,1-3H2/t5?,6-,7?,8+,9-/m1/s1. The van der Waals surface area contributed by atoms with E-state index in [0.717, 1.165) is 0 Å². The zero-order valence-corrected chi connectivity index (χ0v) is 9.09. The summed E-state index contributed by atoms with van der Waals surface area (Å²) in [5.74, 6) is 0. The first-order valence-electron chi connectivity index (χ1n) is 5.22. The van der Waals surface area contributed by atoms with Crippen molar-refractivity contribution < 1.29 is 40.1 Å². The molecule has 0 aromatic carbocycles. The fourth-order valence-electron chi connectivity index (χ4n) is 1.51. The minimum Gasteiger partial charge on any atom is -0.394 e. The Bertz CT molecular complexity index is 217. The molecule has 1 aliphatic heterocycles. The fraction of sp³-hybridized carbons (Fsp3) is 1.00. The van der Waals surface area contributed by atoms with Crippen LogP contribution in [0.4, 0.5) is 0 Å². The largest absolute Gasteiger partial charge is 0.394 e. The van der Waals surface area contributed by atoms with Crippen LogP contribution < -0.4 is 0 Å². The summed E-state index contributed by atoms with van der Waals surface area (Å²) < 4.78 is 10.0. The van der Waals surface area contributed by atoms with Gasteiger partial charge in [0, 0.05) is 0 Å². The Labute approximate surface area is 97.6 Å².